The lowest BCUT2D eigenvalue weighted by Gasteiger charge is -2.18. The lowest BCUT2D eigenvalue weighted by atomic mass is 10.0. The van der Waals surface area contributed by atoms with E-state index in [9.17, 15) is 0 Å². The minimum atomic E-state index is -0.157. The van der Waals surface area contributed by atoms with Gasteiger partial charge in [0, 0.05) is 23.1 Å². The van der Waals surface area contributed by atoms with Crippen molar-refractivity contribution in [2.75, 3.05) is 6.61 Å². The van der Waals surface area contributed by atoms with E-state index in [4.69, 9.17) is 21.1 Å². The minimum absolute atomic E-state index is 0.157. The molecule has 3 heteroatoms. The maximum absolute atomic E-state index is 6.10. The first-order chi connectivity index (χ1) is 8.02. The average molecular weight is 255 g/mol. The fourth-order valence-electron chi connectivity index (χ4n) is 2.07. The number of benzene rings is 1. The molecule has 1 heterocycles. The van der Waals surface area contributed by atoms with E-state index in [2.05, 4.69) is 20.8 Å². The molecule has 0 bridgehead atoms. The Bertz CT molecular complexity index is 413. The molecule has 1 aliphatic heterocycles. The molecule has 2 nitrogen and oxygen atoms in total. The van der Waals surface area contributed by atoms with E-state index in [0.29, 0.717) is 6.61 Å². The summed E-state index contributed by atoms with van der Waals surface area (Å²) in [5, 5.41) is 0.719. The van der Waals surface area contributed by atoms with Gasteiger partial charge in [-0.1, -0.05) is 24.9 Å². The number of ether oxygens (including phenoxy) is 2. The number of hydrogen-bond donors (Lipinski definition) is 0. The lowest BCUT2D eigenvalue weighted by Crippen LogP contribution is -2.24. The zero-order valence-corrected chi connectivity index (χ0v) is 11.4. The Labute approximate surface area is 108 Å². The van der Waals surface area contributed by atoms with Gasteiger partial charge in [-0.2, -0.15) is 0 Å². The van der Waals surface area contributed by atoms with Crippen LogP contribution in [0.2, 0.25) is 5.02 Å². The van der Waals surface area contributed by atoms with Gasteiger partial charge in [-0.3, -0.25) is 0 Å². The highest BCUT2D eigenvalue weighted by atomic mass is 35.5. The van der Waals surface area contributed by atoms with Crippen LogP contribution in [-0.2, 0) is 6.42 Å². The summed E-state index contributed by atoms with van der Waals surface area (Å²) in [4.78, 5) is 0. The number of fused-ring (bicyclic) bond motifs is 1. The van der Waals surface area contributed by atoms with E-state index in [1.807, 2.05) is 12.1 Å². The molecule has 1 aromatic rings. The molecule has 1 aliphatic rings. The topological polar surface area (TPSA) is 18.5 Å². The van der Waals surface area contributed by atoms with Gasteiger partial charge in [-0.25, -0.2) is 0 Å². The monoisotopic (exact) mass is 254 g/mol. The summed E-state index contributed by atoms with van der Waals surface area (Å²) in [6.07, 6.45) is 3.05. The predicted molar refractivity (Wildman–Crippen MR) is 70.3 cm³/mol. The summed E-state index contributed by atoms with van der Waals surface area (Å²) in [6, 6.07) is 3.82. The molecular formula is C14H19ClO2. The van der Waals surface area contributed by atoms with E-state index in [1.165, 1.54) is 0 Å². The van der Waals surface area contributed by atoms with E-state index >= 15 is 0 Å². The van der Waals surface area contributed by atoms with Gasteiger partial charge >= 0.3 is 0 Å². The van der Waals surface area contributed by atoms with Gasteiger partial charge in [0.15, 0.2) is 11.5 Å². The Morgan fingerprint density at radius 2 is 2.18 bits per heavy atom. The Hall–Kier alpha value is -0.890. The molecule has 1 aromatic carbocycles. The third kappa shape index (κ3) is 2.86. The Morgan fingerprint density at radius 3 is 2.88 bits per heavy atom. The second-order valence-electron chi connectivity index (χ2n) is 5.13. The second-order valence-corrected chi connectivity index (χ2v) is 5.57. The number of unbranched alkanes of at least 4 members (excludes halogenated alkanes) is 1. The molecule has 0 spiro atoms. The molecule has 0 aromatic heterocycles. The van der Waals surface area contributed by atoms with Crippen molar-refractivity contribution >= 4 is 11.6 Å². The standard InChI is InChI=1S/C14H19ClO2/c1-4-5-6-16-12-8-11(15)7-10-9-14(2,3)17-13(10)12/h7-8H,4-6,9H2,1-3H3. The molecule has 0 unspecified atom stereocenters. The van der Waals surface area contributed by atoms with Gasteiger partial charge in [-0.05, 0) is 26.3 Å². The summed E-state index contributed by atoms with van der Waals surface area (Å²) >= 11 is 6.10. The molecule has 0 radical (unpaired) electrons. The molecular weight excluding hydrogens is 236 g/mol. The number of hydrogen-bond acceptors (Lipinski definition) is 2. The quantitative estimate of drug-likeness (QED) is 0.749. The molecule has 0 amide bonds. The van der Waals surface area contributed by atoms with Gasteiger partial charge < -0.3 is 9.47 Å². The summed E-state index contributed by atoms with van der Waals surface area (Å²) in [5.74, 6) is 1.65. The molecule has 0 atom stereocenters. The van der Waals surface area contributed by atoms with Crippen molar-refractivity contribution in [3.8, 4) is 11.5 Å². The first kappa shape index (κ1) is 12.6. The molecule has 2 rings (SSSR count). The van der Waals surface area contributed by atoms with E-state index in [-0.39, 0.29) is 5.60 Å². The van der Waals surface area contributed by atoms with Crippen molar-refractivity contribution in [1.29, 1.82) is 0 Å². The summed E-state index contributed by atoms with van der Waals surface area (Å²) in [6.45, 7) is 7.02. The van der Waals surface area contributed by atoms with Crippen molar-refractivity contribution in [3.63, 3.8) is 0 Å². The molecule has 0 N–H and O–H groups in total. The van der Waals surface area contributed by atoms with Crippen molar-refractivity contribution in [1.82, 2.24) is 0 Å². The van der Waals surface area contributed by atoms with Crippen LogP contribution < -0.4 is 9.47 Å². The predicted octanol–water partition coefficient (Wildman–Crippen LogP) is 4.23. The largest absolute Gasteiger partial charge is 0.490 e. The molecule has 0 saturated carbocycles. The average Bonchev–Trinajstić information content (AvgIpc) is 2.52. The van der Waals surface area contributed by atoms with Crippen LogP contribution in [0, 0.1) is 0 Å². The second kappa shape index (κ2) is 4.77. The van der Waals surface area contributed by atoms with Gasteiger partial charge in [-0.15, -0.1) is 0 Å². The van der Waals surface area contributed by atoms with Crippen LogP contribution >= 0.6 is 11.6 Å². The first-order valence-electron chi connectivity index (χ1n) is 6.16. The molecule has 0 fully saturated rings. The van der Waals surface area contributed by atoms with Crippen LogP contribution in [0.15, 0.2) is 12.1 Å². The SMILES string of the molecule is CCCCOc1cc(Cl)cc2c1OC(C)(C)C2. The fourth-order valence-corrected chi connectivity index (χ4v) is 2.31. The first-order valence-corrected chi connectivity index (χ1v) is 6.54. The van der Waals surface area contributed by atoms with Gasteiger partial charge in [0.05, 0.1) is 6.61 Å². The van der Waals surface area contributed by atoms with Gasteiger partial charge in [0.1, 0.15) is 5.60 Å². The maximum atomic E-state index is 6.10. The van der Waals surface area contributed by atoms with Crippen molar-refractivity contribution < 1.29 is 9.47 Å². The third-order valence-corrected chi connectivity index (χ3v) is 3.06. The summed E-state index contributed by atoms with van der Waals surface area (Å²) < 4.78 is 11.7. The van der Waals surface area contributed by atoms with Crippen LogP contribution in [0.4, 0.5) is 0 Å². The highest BCUT2D eigenvalue weighted by Gasteiger charge is 2.32. The Kier molecular flexibility index (Phi) is 3.53. The highest BCUT2D eigenvalue weighted by Crippen LogP contribution is 2.43. The molecule has 0 aliphatic carbocycles. The smallest absolute Gasteiger partial charge is 0.165 e. The summed E-state index contributed by atoms with van der Waals surface area (Å²) in [7, 11) is 0. The third-order valence-electron chi connectivity index (χ3n) is 2.85. The maximum Gasteiger partial charge on any atom is 0.165 e. The van der Waals surface area contributed by atoms with E-state index in [0.717, 1.165) is 41.3 Å². The van der Waals surface area contributed by atoms with Crippen molar-refractivity contribution in [3.05, 3.63) is 22.7 Å². The molecule has 17 heavy (non-hydrogen) atoms. The van der Waals surface area contributed by atoms with Crippen molar-refractivity contribution in [2.24, 2.45) is 0 Å². The van der Waals surface area contributed by atoms with Gasteiger partial charge in [0.2, 0.25) is 0 Å². The van der Waals surface area contributed by atoms with Crippen molar-refractivity contribution in [2.45, 2.75) is 45.6 Å². The number of rotatable bonds is 4. The van der Waals surface area contributed by atoms with Crippen LogP contribution in [0.3, 0.4) is 0 Å². The van der Waals surface area contributed by atoms with Crippen LogP contribution in [-0.4, -0.2) is 12.2 Å². The lowest BCUT2D eigenvalue weighted by molar-refractivity contribution is 0.132. The van der Waals surface area contributed by atoms with E-state index < -0.39 is 0 Å². The zero-order valence-electron chi connectivity index (χ0n) is 10.7. The Balaban J connectivity index is 2.22. The van der Waals surface area contributed by atoms with Crippen LogP contribution in [0.5, 0.6) is 11.5 Å². The minimum Gasteiger partial charge on any atom is -0.490 e. The van der Waals surface area contributed by atoms with Gasteiger partial charge in [0.25, 0.3) is 0 Å². The van der Waals surface area contributed by atoms with Crippen LogP contribution in [0.25, 0.3) is 0 Å². The van der Waals surface area contributed by atoms with Crippen LogP contribution in [0.1, 0.15) is 39.2 Å². The molecule has 94 valence electrons. The number of halogens is 1. The highest BCUT2D eigenvalue weighted by molar-refractivity contribution is 6.30. The normalized spacial score (nSPS) is 16.5. The molecule has 0 saturated heterocycles. The fraction of sp³-hybridized carbons (Fsp3) is 0.571. The zero-order chi connectivity index (χ0) is 12.5. The van der Waals surface area contributed by atoms with E-state index in [1.54, 1.807) is 0 Å². The summed E-state index contributed by atoms with van der Waals surface area (Å²) in [5.41, 5.74) is 0.990. The Morgan fingerprint density at radius 1 is 1.41 bits per heavy atom.